The van der Waals surface area contributed by atoms with Crippen molar-refractivity contribution in [2.75, 3.05) is 31.5 Å². The molecule has 0 bridgehead atoms. The summed E-state index contributed by atoms with van der Waals surface area (Å²) in [6, 6.07) is -0.100. The fourth-order valence-electron chi connectivity index (χ4n) is 1.95. The Hall–Kier alpha value is -0.180. The van der Waals surface area contributed by atoms with Gasteiger partial charge in [0.15, 0.2) is 14.9 Å². The van der Waals surface area contributed by atoms with Crippen LogP contribution in [0, 0.1) is 0 Å². The molecule has 0 aromatic rings. The van der Waals surface area contributed by atoms with Crippen molar-refractivity contribution in [3.8, 4) is 0 Å². The molecule has 0 amide bonds. The molecule has 1 fully saturated rings. The summed E-state index contributed by atoms with van der Waals surface area (Å²) >= 11 is 0. The minimum atomic E-state index is -3.72. The lowest BCUT2D eigenvalue weighted by atomic mass is 10.1. The van der Waals surface area contributed by atoms with Crippen LogP contribution in [0.4, 0.5) is 0 Å². The zero-order valence-electron chi connectivity index (χ0n) is 10.2. The first kappa shape index (κ1) is 14.9. The molecule has 0 aliphatic carbocycles. The maximum Gasteiger partial charge on any atom is 0.228 e. The number of nitrogens with one attached hydrogen (secondary N) is 1. The van der Waals surface area contributed by atoms with Crippen LogP contribution in [0.2, 0.25) is 0 Å². The Bertz CT molecular complexity index is 436. The smallest absolute Gasteiger partial charge is 0.228 e. The summed E-state index contributed by atoms with van der Waals surface area (Å²) < 4.78 is 47.2. The standard InChI is InChI=1S/C9H20N2O4S2/c1-11(9-4-3-6-10-7-5-9)17(14,15)8-16(2,12)13/h9-10H,3-8H2,1-2H3. The molecule has 1 aliphatic rings. The van der Waals surface area contributed by atoms with Gasteiger partial charge >= 0.3 is 0 Å². The summed E-state index contributed by atoms with van der Waals surface area (Å²) in [7, 11) is -5.77. The van der Waals surface area contributed by atoms with E-state index in [0.29, 0.717) is 0 Å². The van der Waals surface area contributed by atoms with Gasteiger partial charge in [-0.2, -0.15) is 0 Å². The van der Waals surface area contributed by atoms with Crippen LogP contribution in [0.15, 0.2) is 0 Å². The summed E-state index contributed by atoms with van der Waals surface area (Å²) in [5.74, 6) is 0. The topological polar surface area (TPSA) is 83.6 Å². The summed E-state index contributed by atoms with van der Waals surface area (Å²) in [5, 5.41) is 2.39. The van der Waals surface area contributed by atoms with Gasteiger partial charge in [0.1, 0.15) is 0 Å². The Labute approximate surface area is 103 Å². The van der Waals surface area contributed by atoms with Crippen LogP contribution in [0.1, 0.15) is 19.3 Å². The van der Waals surface area contributed by atoms with E-state index in [1.54, 1.807) is 0 Å². The van der Waals surface area contributed by atoms with Gasteiger partial charge < -0.3 is 5.32 Å². The summed E-state index contributed by atoms with van der Waals surface area (Å²) in [5.41, 5.74) is 0. The fraction of sp³-hybridized carbons (Fsp3) is 1.00. The van der Waals surface area contributed by atoms with Gasteiger partial charge in [-0.3, -0.25) is 0 Å². The molecule has 1 atom stereocenters. The molecular weight excluding hydrogens is 264 g/mol. The lowest BCUT2D eigenvalue weighted by molar-refractivity contribution is 0.343. The zero-order valence-corrected chi connectivity index (χ0v) is 11.8. The molecule has 1 N–H and O–H groups in total. The van der Waals surface area contributed by atoms with E-state index in [1.807, 2.05) is 0 Å². The third-order valence-corrected chi connectivity index (χ3v) is 6.94. The molecule has 1 unspecified atom stereocenters. The minimum absolute atomic E-state index is 0.100. The number of sulfone groups is 1. The maximum absolute atomic E-state index is 11.9. The molecule has 1 aliphatic heterocycles. The van der Waals surface area contributed by atoms with E-state index in [1.165, 1.54) is 11.4 Å². The first-order valence-electron chi connectivity index (χ1n) is 5.56. The second kappa shape index (κ2) is 5.64. The number of hydrogen-bond acceptors (Lipinski definition) is 5. The first-order chi connectivity index (χ1) is 7.72. The lowest BCUT2D eigenvalue weighted by Gasteiger charge is -2.25. The van der Waals surface area contributed by atoms with Crippen LogP contribution in [0.3, 0.4) is 0 Å². The van der Waals surface area contributed by atoms with Gasteiger partial charge in [-0.25, -0.2) is 21.1 Å². The molecule has 1 heterocycles. The highest BCUT2D eigenvalue weighted by Gasteiger charge is 2.29. The third kappa shape index (κ3) is 4.90. The van der Waals surface area contributed by atoms with Crippen molar-refractivity contribution in [2.24, 2.45) is 0 Å². The molecule has 1 saturated heterocycles. The van der Waals surface area contributed by atoms with Crippen molar-refractivity contribution < 1.29 is 16.8 Å². The molecule has 1 rings (SSSR count). The molecule has 0 spiro atoms. The molecule has 8 heteroatoms. The van der Waals surface area contributed by atoms with Gasteiger partial charge in [0.05, 0.1) is 0 Å². The van der Waals surface area contributed by atoms with E-state index in [4.69, 9.17) is 0 Å². The van der Waals surface area contributed by atoms with Crippen molar-refractivity contribution in [3.05, 3.63) is 0 Å². The second-order valence-electron chi connectivity index (χ2n) is 4.51. The Morgan fingerprint density at radius 3 is 2.41 bits per heavy atom. The molecule has 0 aromatic heterocycles. The SMILES string of the molecule is CN(C1CCCNCC1)S(=O)(=O)CS(C)(=O)=O. The van der Waals surface area contributed by atoms with E-state index in [0.717, 1.165) is 38.6 Å². The fourth-order valence-corrected chi connectivity index (χ4v) is 5.44. The van der Waals surface area contributed by atoms with Crippen molar-refractivity contribution in [1.29, 1.82) is 0 Å². The van der Waals surface area contributed by atoms with Crippen LogP contribution in [-0.4, -0.2) is 58.7 Å². The molecule has 0 aromatic carbocycles. The Morgan fingerprint density at radius 2 is 1.82 bits per heavy atom. The largest absolute Gasteiger partial charge is 0.317 e. The van der Waals surface area contributed by atoms with Gasteiger partial charge in [-0.15, -0.1) is 0 Å². The monoisotopic (exact) mass is 284 g/mol. The summed E-state index contributed by atoms with van der Waals surface area (Å²) in [4.78, 5) is 0. The van der Waals surface area contributed by atoms with Crippen molar-refractivity contribution in [2.45, 2.75) is 25.3 Å². The van der Waals surface area contributed by atoms with Gasteiger partial charge in [-0.1, -0.05) is 0 Å². The second-order valence-corrected chi connectivity index (χ2v) is 9.04. The molecule has 17 heavy (non-hydrogen) atoms. The normalized spacial score (nSPS) is 23.6. The Kier molecular flexibility index (Phi) is 4.94. The van der Waals surface area contributed by atoms with Crippen molar-refractivity contribution in [1.82, 2.24) is 9.62 Å². The van der Waals surface area contributed by atoms with Crippen LogP contribution >= 0.6 is 0 Å². The molecular formula is C9H20N2O4S2. The number of hydrogen-bond donors (Lipinski definition) is 1. The summed E-state index contributed by atoms with van der Waals surface area (Å²) in [6.07, 6.45) is 3.34. The maximum atomic E-state index is 11.9. The van der Waals surface area contributed by atoms with Crippen molar-refractivity contribution >= 4 is 19.9 Å². The molecule has 6 nitrogen and oxygen atoms in total. The Morgan fingerprint density at radius 1 is 1.18 bits per heavy atom. The quantitative estimate of drug-likeness (QED) is 0.745. The predicted molar refractivity (Wildman–Crippen MR) is 66.9 cm³/mol. The molecule has 0 saturated carbocycles. The van der Waals surface area contributed by atoms with Crippen LogP contribution < -0.4 is 5.32 Å². The molecule has 102 valence electrons. The van der Waals surface area contributed by atoms with Crippen LogP contribution in [-0.2, 0) is 19.9 Å². The zero-order chi connectivity index (χ0) is 13.1. The van der Waals surface area contributed by atoms with Gasteiger partial charge in [0.25, 0.3) is 0 Å². The van der Waals surface area contributed by atoms with Crippen LogP contribution in [0.25, 0.3) is 0 Å². The van der Waals surface area contributed by atoms with Gasteiger partial charge in [0, 0.05) is 19.3 Å². The molecule has 0 radical (unpaired) electrons. The van der Waals surface area contributed by atoms with E-state index < -0.39 is 24.9 Å². The lowest BCUT2D eigenvalue weighted by Crippen LogP contribution is -2.40. The van der Waals surface area contributed by atoms with E-state index in [2.05, 4.69) is 5.32 Å². The average Bonchev–Trinajstić information content (AvgIpc) is 2.40. The summed E-state index contributed by atoms with van der Waals surface area (Å²) in [6.45, 7) is 1.65. The highest BCUT2D eigenvalue weighted by molar-refractivity contribution is 8.06. The average molecular weight is 284 g/mol. The predicted octanol–water partition coefficient (Wildman–Crippen LogP) is -0.608. The van der Waals surface area contributed by atoms with Crippen LogP contribution in [0.5, 0.6) is 0 Å². The highest BCUT2D eigenvalue weighted by atomic mass is 32.3. The van der Waals surface area contributed by atoms with E-state index in [9.17, 15) is 16.8 Å². The minimum Gasteiger partial charge on any atom is -0.317 e. The van der Waals surface area contributed by atoms with Crippen molar-refractivity contribution in [3.63, 3.8) is 0 Å². The highest BCUT2D eigenvalue weighted by Crippen LogP contribution is 2.16. The number of sulfonamides is 1. The van der Waals surface area contributed by atoms with Gasteiger partial charge in [0.2, 0.25) is 10.0 Å². The van der Waals surface area contributed by atoms with E-state index in [-0.39, 0.29) is 6.04 Å². The number of rotatable bonds is 4. The van der Waals surface area contributed by atoms with Gasteiger partial charge in [-0.05, 0) is 32.4 Å². The number of nitrogens with zero attached hydrogens (tertiary/aromatic N) is 1. The third-order valence-electron chi connectivity index (χ3n) is 2.86. The van der Waals surface area contributed by atoms with E-state index >= 15 is 0 Å². The first-order valence-corrected chi connectivity index (χ1v) is 9.23. The Balaban J connectivity index is 2.76.